The first-order valence-electron chi connectivity index (χ1n) is 10.7. The fourth-order valence-corrected chi connectivity index (χ4v) is 5.21. The van der Waals surface area contributed by atoms with Gasteiger partial charge in [0.1, 0.15) is 10.7 Å². The summed E-state index contributed by atoms with van der Waals surface area (Å²) in [6.45, 7) is 6.19. The number of thiophene rings is 1. The number of carbonyl (C=O) groups excluding carboxylic acids is 1. The number of fused-ring (bicyclic) bond motifs is 1. The van der Waals surface area contributed by atoms with Gasteiger partial charge >= 0.3 is 5.97 Å². The van der Waals surface area contributed by atoms with Crippen LogP contribution in [0.5, 0.6) is 11.5 Å². The maximum absolute atomic E-state index is 13.5. The smallest absolute Gasteiger partial charge is 0.346 e. The van der Waals surface area contributed by atoms with E-state index in [1.54, 1.807) is 0 Å². The van der Waals surface area contributed by atoms with Crippen molar-refractivity contribution in [1.82, 2.24) is 0 Å². The van der Waals surface area contributed by atoms with Crippen molar-refractivity contribution in [3.05, 3.63) is 63.6 Å². The molecule has 1 aliphatic rings. The zero-order chi connectivity index (χ0) is 23.7. The molecule has 2 heterocycles. The quantitative estimate of drug-likeness (QED) is 0.449. The molecule has 0 bridgehead atoms. The van der Waals surface area contributed by atoms with Gasteiger partial charge in [-0.3, -0.25) is 4.79 Å². The first kappa shape index (κ1) is 22.8. The minimum atomic E-state index is -1.10. The Balaban J connectivity index is 1.85. The molecule has 6 nitrogen and oxygen atoms in total. The molecule has 172 valence electrons. The number of ether oxygens (including phenoxy) is 2. The summed E-state index contributed by atoms with van der Waals surface area (Å²) >= 11 is 1.13. The summed E-state index contributed by atoms with van der Waals surface area (Å²) in [6, 6.07) is 11.1. The fourth-order valence-electron chi connectivity index (χ4n) is 3.96. The molecule has 0 spiro atoms. The predicted molar refractivity (Wildman–Crippen MR) is 125 cm³/mol. The Kier molecular flexibility index (Phi) is 6.37. The van der Waals surface area contributed by atoms with Gasteiger partial charge in [0.15, 0.2) is 11.5 Å². The predicted octanol–water partition coefficient (Wildman–Crippen LogP) is 5.91. The van der Waals surface area contributed by atoms with E-state index in [1.807, 2.05) is 39.0 Å². The van der Waals surface area contributed by atoms with Gasteiger partial charge in [0.2, 0.25) is 5.91 Å². The SMILES string of the molecule is CCOc1cc(C2CC(=O)Nc3c2sc(C(=O)O)c3-c2ccc(F)cc2)ccc1OC(C)C. The van der Waals surface area contributed by atoms with Crippen molar-refractivity contribution in [1.29, 1.82) is 0 Å². The molecule has 1 atom stereocenters. The molecule has 8 heteroatoms. The zero-order valence-corrected chi connectivity index (χ0v) is 19.3. The van der Waals surface area contributed by atoms with Crippen LogP contribution in [-0.4, -0.2) is 29.7 Å². The Morgan fingerprint density at radius 3 is 2.58 bits per heavy atom. The van der Waals surface area contributed by atoms with Crippen molar-refractivity contribution < 1.29 is 28.6 Å². The minimum Gasteiger partial charge on any atom is -0.490 e. The van der Waals surface area contributed by atoms with Crippen molar-refractivity contribution in [2.45, 2.75) is 39.2 Å². The van der Waals surface area contributed by atoms with E-state index in [4.69, 9.17) is 9.47 Å². The lowest BCUT2D eigenvalue weighted by atomic mass is 9.88. The van der Waals surface area contributed by atoms with Gasteiger partial charge in [-0.05, 0) is 56.2 Å². The molecular formula is C25H24FNO5S. The van der Waals surface area contributed by atoms with Gasteiger partial charge in [0.25, 0.3) is 0 Å². The molecule has 2 aromatic carbocycles. The Labute approximate surface area is 195 Å². The van der Waals surface area contributed by atoms with Crippen molar-refractivity contribution in [2.24, 2.45) is 0 Å². The van der Waals surface area contributed by atoms with Gasteiger partial charge in [-0.25, -0.2) is 9.18 Å². The summed E-state index contributed by atoms with van der Waals surface area (Å²) < 4.78 is 25.1. The van der Waals surface area contributed by atoms with E-state index in [1.165, 1.54) is 24.3 Å². The van der Waals surface area contributed by atoms with Crippen LogP contribution in [0.25, 0.3) is 11.1 Å². The van der Waals surface area contributed by atoms with Crippen LogP contribution in [0.3, 0.4) is 0 Å². The van der Waals surface area contributed by atoms with E-state index < -0.39 is 11.8 Å². The number of hydrogen-bond acceptors (Lipinski definition) is 5. The number of hydrogen-bond donors (Lipinski definition) is 2. The second-order valence-corrected chi connectivity index (χ2v) is 9.02. The highest BCUT2D eigenvalue weighted by Gasteiger charge is 2.35. The Morgan fingerprint density at radius 2 is 1.94 bits per heavy atom. The number of rotatable bonds is 7. The highest BCUT2D eigenvalue weighted by molar-refractivity contribution is 7.15. The first-order chi connectivity index (χ1) is 15.8. The van der Waals surface area contributed by atoms with E-state index in [2.05, 4.69) is 5.32 Å². The van der Waals surface area contributed by atoms with Crippen molar-refractivity contribution in [2.75, 3.05) is 11.9 Å². The normalized spacial score (nSPS) is 15.2. The maximum Gasteiger partial charge on any atom is 0.346 e. The van der Waals surface area contributed by atoms with Gasteiger partial charge in [-0.2, -0.15) is 0 Å². The van der Waals surface area contributed by atoms with E-state index in [9.17, 15) is 19.1 Å². The molecule has 4 rings (SSSR count). The molecule has 0 fully saturated rings. The highest BCUT2D eigenvalue weighted by atomic mass is 32.1. The number of aromatic carboxylic acids is 1. The third-order valence-electron chi connectivity index (χ3n) is 5.27. The van der Waals surface area contributed by atoms with Crippen molar-refractivity contribution in [3.63, 3.8) is 0 Å². The molecule has 0 radical (unpaired) electrons. The molecule has 0 saturated carbocycles. The van der Waals surface area contributed by atoms with Gasteiger partial charge < -0.3 is 19.9 Å². The molecule has 1 unspecified atom stereocenters. The van der Waals surface area contributed by atoms with Crippen molar-refractivity contribution in [3.8, 4) is 22.6 Å². The lowest BCUT2D eigenvalue weighted by Gasteiger charge is -2.25. The van der Waals surface area contributed by atoms with Crippen LogP contribution < -0.4 is 14.8 Å². The molecule has 1 aliphatic heterocycles. The summed E-state index contributed by atoms with van der Waals surface area (Å²) in [5.41, 5.74) is 2.22. The van der Waals surface area contributed by atoms with Crippen LogP contribution >= 0.6 is 11.3 Å². The Morgan fingerprint density at radius 1 is 1.21 bits per heavy atom. The van der Waals surface area contributed by atoms with Gasteiger partial charge in [0.05, 0.1) is 18.4 Å². The number of carboxylic acid groups (broad SMARTS) is 1. The highest BCUT2D eigenvalue weighted by Crippen LogP contribution is 2.50. The second kappa shape index (κ2) is 9.23. The van der Waals surface area contributed by atoms with Crippen LogP contribution in [0.1, 0.15) is 53.2 Å². The Bertz CT molecular complexity index is 1200. The van der Waals surface area contributed by atoms with Crippen LogP contribution in [0.4, 0.5) is 10.1 Å². The minimum absolute atomic E-state index is 0.0317. The molecule has 1 amide bonds. The lowest BCUT2D eigenvalue weighted by Crippen LogP contribution is -2.22. The molecule has 0 saturated heterocycles. The van der Waals surface area contributed by atoms with E-state index >= 15 is 0 Å². The third-order valence-corrected chi connectivity index (χ3v) is 6.56. The molecule has 33 heavy (non-hydrogen) atoms. The maximum atomic E-state index is 13.5. The van der Waals surface area contributed by atoms with E-state index in [0.29, 0.717) is 34.9 Å². The number of amides is 1. The Hall–Kier alpha value is -3.39. The molecular weight excluding hydrogens is 445 g/mol. The number of halogens is 1. The number of benzene rings is 2. The lowest BCUT2D eigenvalue weighted by molar-refractivity contribution is -0.116. The summed E-state index contributed by atoms with van der Waals surface area (Å²) in [6.07, 6.45) is 0.140. The average molecular weight is 470 g/mol. The molecule has 0 aliphatic carbocycles. The van der Waals surface area contributed by atoms with E-state index in [0.717, 1.165) is 21.8 Å². The zero-order valence-electron chi connectivity index (χ0n) is 18.5. The van der Waals surface area contributed by atoms with Gasteiger partial charge in [0, 0.05) is 22.8 Å². The summed E-state index contributed by atoms with van der Waals surface area (Å²) in [5, 5.41) is 12.7. The molecule has 1 aromatic heterocycles. The number of carboxylic acids is 1. The average Bonchev–Trinajstić information content (AvgIpc) is 3.14. The largest absolute Gasteiger partial charge is 0.490 e. The van der Waals surface area contributed by atoms with Gasteiger partial charge in [-0.1, -0.05) is 18.2 Å². The molecule has 3 aromatic rings. The topological polar surface area (TPSA) is 84.9 Å². The summed E-state index contributed by atoms with van der Waals surface area (Å²) in [5.74, 6) is -0.902. The summed E-state index contributed by atoms with van der Waals surface area (Å²) in [7, 11) is 0. The second-order valence-electron chi connectivity index (χ2n) is 7.97. The van der Waals surface area contributed by atoms with Crippen LogP contribution in [0, 0.1) is 5.82 Å². The van der Waals surface area contributed by atoms with Crippen LogP contribution in [0.2, 0.25) is 0 Å². The standard InChI is InChI=1S/C25H24FNO5S/c1-4-31-19-11-15(7-10-18(19)32-13(2)3)17-12-20(28)27-22-21(14-5-8-16(26)9-6-14)24(25(29)30)33-23(17)22/h5-11,13,17H,4,12H2,1-3H3,(H,27,28)(H,29,30). The monoisotopic (exact) mass is 469 g/mol. The van der Waals surface area contributed by atoms with Crippen LogP contribution in [-0.2, 0) is 4.79 Å². The van der Waals surface area contributed by atoms with Crippen LogP contribution in [0.15, 0.2) is 42.5 Å². The van der Waals surface area contributed by atoms with Gasteiger partial charge in [-0.15, -0.1) is 11.3 Å². The molecule has 2 N–H and O–H groups in total. The third kappa shape index (κ3) is 4.57. The summed E-state index contributed by atoms with van der Waals surface area (Å²) in [4.78, 5) is 25.6. The van der Waals surface area contributed by atoms with E-state index in [-0.39, 0.29) is 29.2 Å². The first-order valence-corrected chi connectivity index (χ1v) is 11.5. The number of anilines is 1. The number of nitrogens with one attached hydrogen (secondary N) is 1. The number of carbonyl (C=O) groups is 2. The fraction of sp³-hybridized carbons (Fsp3) is 0.280. The van der Waals surface area contributed by atoms with Crippen molar-refractivity contribution >= 4 is 28.9 Å².